The molecule has 66 valence electrons. The predicted octanol–water partition coefficient (Wildman–Crippen LogP) is 1.26. The Morgan fingerprint density at radius 1 is 1.67 bits per heavy atom. The van der Waals surface area contributed by atoms with Crippen molar-refractivity contribution in [1.29, 1.82) is 0 Å². The van der Waals surface area contributed by atoms with Crippen molar-refractivity contribution >= 4 is 11.6 Å². The van der Waals surface area contributed by atoms with E-state index in [0.29, 0.717) is 13.0 Å². The van der Waals surface area contributed by atoms with E-state index in [4.69, 9.17) is 11.6 Å². The predicted molar refractivity (Wildman–Crippen MR) is 44.1 cm³/mol. The topological polar surface area (TPSA) is 34.9 Å². The average Bonchev–Trinajstić information content (AvgIpc) is 2.08. The van der Waals surface area contributed by atoms with Gasteiger partial charge in [-0.05, 0) is 6.42 Å². The fraction of sp³-hybridized carbons (Fsp3) is 0.429. The Labute approximate surface area is 73.8 Å². The highest BCUT2D eigenvalue weighted by molar-refractivity contribution is 6.29. The van der Waals surface area contributed by atoms with Crippen LogP contribution in [0.5, 0.6) is 0 Å². The molecule has 3 nitrogen and oxygen atoms in total. The largest absolute Gasteiger partial charge is 0.311 e. The van der Waals surface area contributed by atoms with Crippen LogP contribution in [0, 0.1) is 0 Å². The zero-order valence-electron chi connectivity index (χ0n) is 6.33. The molecule has 0 radical (unpaired) electrons. The molecule has 0 amide bonds. The van der Waals surface area contributed by atoms with Gasteiger partial charge in [-0.25, -0.2) is 4.98 Å². The molecular weight excluding hydrogens is 183 g/mol. The summed E-state index contributed by atoms with van der Waals surface area (Å²) in [7, 11) is 0. The van der Waals surface area contributed by atoms with Gasteiger partial charge in [-0.15, -0.1) is 0 Å². The van der Waals surface area contributed by atoms with E-state index in [0.717, 1.165) is 0 Å². The summed E-state index contributed by atoms with van der Waals surface area (Å²) >= 11 is 5.45. The van der Waals surface area contributed by atoms with Gasteiger partial charge in [-0.2, -0.15) is 0 Å². The molecule has 0 aromatic carbocycles. The Kier molecular flexibility index (Phi) is 3.22. The smallest absolute Gasteiger partial charge is 0.288 e. The Morgan fingerprint density at radius 3 is 3.08 bits per heavy atom. The molecule has 0 fully saturated rings. The number of nitrogens with zero attached hydrogens (tertiary/aromatic N) is 2. The second kappa shape index (κ2) is 4.21. The van der Waals surface area contributed by atoms with Gasteiger partial charge in [0.25, 0.3) is 5.56 Å². The van der Waals surface area contributed by atoms with E-state index >= 15 is 0 Å². The van der Waals surface area contributed by atoms with Gasteiger partial charge in [0.2, 0.25) is 0 Å². The number of aromatic nitrogens is 2. The van der Waals surface area contributed by atoms with Gasteiger partial charge in [0.15, 0.2) is 5.15 Å². The fourth-order valence-corrected chi connectivity index (χ4v) is 0.992. The van der Waals surface area contributed by atoms with Crippen molar-refractivity contribution in [3.8, 4) is 0 Å². The molecule has 1 aromatic rings. The summed E-state index contributed by atoms with van der Waals surface area (Å²) in [4.78, 5) is 14.7. The number of hydrogen-bond donors (Lipinski definition) is 0. The van der Waals surface area contributed by atoms with Crippen molar-refractivity contribution in [2.24, 2.45) is 0 Å². The molecule has 0 aliphatic carbocycles. The zero-order valence-corrected chi connectivity index (χ0v) is 7.09. The van der Waals surface area contributed by atoms with Gasteiger partial charge >= 0.3 is 0 Å². The molecule has 0 N–H and O–H groups in total. The van der Waals surface area contributed by atoms with E-state index in [9.17, 15) is 9.18 Å². The summed E-state index contributed by atoms with van der Waals surface area (Å²) in [5.74, 6) is 0. The van der Waals surface area contributed by atoms with E-state index in [2.05, 4.69) is 4.98 Å². The van der Waals surface area contributed by atoms with Crippen LogP contribution in [0.15, 0.2) is 17.2 Å². The quantitative estimate of drug-likeness (QED) is 0.719. The first kappa shape index (κ1) is 9.19. The van der Waals surface area contributed by atoms with E-state index in [1.54, 1.807) is 0 Å². The summed E-state index contributed by atoms with van der Waals surface area (Å²) < 4.78 is 13.1. The van der Waals surface area contributed by atoms with Crippen molar-refractivity contribution in [3.05, 3.63) is 27.9 Å². The highest BCUT2D eigenvalue weighted by Gasteiger charge is 1.99. The molecule has 1 rings (SSSR count). The minimum Gasteiger partial charge on any atom is -0.311 e. The van der Waals surface area contributed by atoms with Gasteiger partial charge in [0.05, 0.1) is 6.67 Å². The van der Waals surface area contributed by atoms with E-state index in [1.165, 1.54) is 17.0 Å². The van der Waals surface area contributed by atoms with E-state index in [1.807, 2.05) is 0 Å². The third-order valence-corrected chi connectivity index (χ3v) is 1.66. The van der Waals surface area contributed by atoms with Gasteiger partial charge in [0, 0.05) is 18.9 Å². The first-order chi connectivity index (χ1) is 5.75. The highest BCUT2D eigenvalue weighted by Crippen LogP contribution is 1.94. The molecule has 0 spiro atoms. The molecule has 0 aliphatic rings. The molecule has 0 atom stereocenters. The molecule has 1 aromatic heterocycles. The summed E-state index contributed by atoms with van der Waals surface area (Å²) in [5.41, 5.74) is -0.368. The van der Waals surface area contributed by atoms with Crippen molar-refractivity contribution in [2.75, 3.05) is 6.67 Å². The van der Waals surface area contributed by atoms with Crippen LogP contribution in [0.3, 0.4) is 0 Å². The first-order valence-corrected chi connectivity index (χ1v) is 3.90. The molecule has 5 heteroatoms. The van der Waals surface area contributed by atoms with Crippen molar-refractivity contribution < 1.29 is 4.39 Å². The summed E-state index contributed by atoms with van der Waals surface area (Å²) in [5, 5.41) is -0.0728. The lowest BCUT2D eigenvalue weighted by Crippen LogP contribution is -2.20. The van der Waals surface area contributed by atoms with Crippen LogP contribution in [-0.2, 0) is 6.54 Å². The number of halogens is 2. The Balaban J connectivity index is 2.85. The molecule has 12 heavy (non-hydrogen) atoms. The molecule has 0 saturated carbocycles. The van der Waals surface area contributed by atoms with Gasteiger partial charge in [-0.3, -0.25) is 9.18 Å². The maximum atomic E-state index is 11.7. The summed E-state index contributed by atoms with van der Waals surface area (Å²) in [6.07, 6.45) is 3.23. The molecule has 0 unspecified atom stereocenters. The number of alkyl halides is 1. The third-order valence-electron chi connectivity index (χ3n) is 1.40. The lowest BCUT2D eigenvalue weighted by atomic mass is 10.4. The van der Waals surface area contributed by atoms with E-state index < -0.39 is 6.67 Å². The number of hydrogen-bond acceptors (Lipinski definition) is 2. The van der Waals surface area contributed by atoms with Crippen LogP contribution in [0.4, 0.5) is 4.39 Å². The first-order valence-electron chi connectivity index (χ1n) is 3.52. The van der Waals surface area contributed by atoms with Crippen LogP contribution < -0.4 is 5.56 Å². The maximum Gasteiger partial charge on any atom is 0.288 e. The normalized spacial score (nSPS) is 10.2. The standard InChI is InChI=1S/C7H8ClFN2O/c8-6-7(12)11(4-1-2-9)5-3-10-6/h3,5H,1-2,4H2. The lowest BCUT2D eigenvalue weighted by molar-refractivity contribution is 0.443. The van der Waals surface area contributed by atoms with Crippen LogP contribution in [0.25, 0.3) is 0 Å². The van der Waals surface area contributed by atoms with Crippen molar-refractivity contribution in [2.45, 2.75) is 13.0 Å². The van der Waals surface area contributed by atoms with Crippen LogP contribution in [-0.4, -0.2) is 16.2 Å². The molecule has 0 bridgehead atoms. The molecule has 0 aliphatic heterocycles. The number of aryl methyl sites for hydroxylation is 1. The fourth-order valence-electron chi connectivity index (χ4n) is 0.827. The Morgan fingerprint density at radius 2 is 2.42 bits per heavy atom. The van der Waals surface area contributed by atoms with E-state index in [-0.39, 0.29) is 10.7 Å². The Hall–Kier alpha value is -0.900. The summed E-state index contributed by atoms with van der Waals surface area (Å²) in [6, 6.07) is 0. The maximum absolute atomic E-state index is 11.7. The second-order valence-electron chi connectivity index (χ2n) is 2.26. The SMILES string of the molecule is O=c1c(Cl)nccn1CCCF. The average molecular weight is 191 g/mol. The molecular formula is C7H8ClFN2O. The highest BCUT2D eigenvalue weighted by atomic mass is 35.5. The van der Waals surface area contributed by atoms with Crippen LogP contribution in [0.2, 0.25) is 5.15 Å². The van der Waals surface area contributed by atoms with Gasteiger partial charge < -0.3 is 4.57 Å². The minimum atomic E-state index is -0.438. The summed E-state index contributed by atoms with van der Waals surface area (Å²) in [6.45, 7) is -0.0933. The minimum absolute atomic E-state index is 0.0728. The molecule has 0 saturated heterocycles. The van der Waals surface area contributed by atoms with Gasteiger partial charge in [-0.1, -0.05) is 11.6 Å². The number of rotatable bonds is 3. The third kappa shape index (κ3) is 2.04. The Bertz CT molecular complexity index is 313. The lowest BCUT2D eigenvalue weighted by Gasteiger charge is -2.01. The zero-order chi connectivity index (χ0) is 8.97. The van der Waals surface area contributed by atoms with Crippen molar-refractivity contribution in [3.63, 3.8) is 0 Å². The van der Waals surface area contributed by atoms with Gasteiger partial charge in [0.1, 0.15) is 0 Å². The van der Waals surface area contributed by atoms with Crippen molar-refractivity contribution in [1.82, 2.24) is 9.55 Å². The van der Waals surface area contributed by atoms with Crippen LogP contribution >= 0.6 is 11.6 Å². The molecule has 1 heterocycles. The monoisotopic (exact) mass is 190 g/mol. The second-order valence-corrected chi connectivity index (χ2v) is 2.62. The van der Waals surface area contributed by atoms with Crippen LogP contribution in [0.1, 0.15) is 6.42 Å².